The molecule has 152 valence electrons. The van der Waals surface area contributed by atoms with Crippen molar-refractivity contribution in [3.05, 3.63) is 48.0 Å². The predicted molar refractivity (Wildman–Crippen MR) is 113 cm³/mol. The van der Waals surface area contributed by atoms with Gasteiger partial charge in [0.25, 0.3) is 0 Å². The van der Waals surface area contributed by atoms with Crippen molar-refractivity contribution in [2.24, 2.45) is 4.99 Å². The number of aliphatic imine (C=N–C) groups is 1. The van der Waals surface area contributed by atoms with Crippen LogP contribution in [0.2, 0.25) is 0 Å². The number of unbranched alkanes of at least 4 members (excludes halogenated alkanes) is 1. The van der Waals surface area contributed by atoms with Crippen LogP contribution in [0.25, 0.3) is 0 Å². The van der Waals surface area contributed by atoms with Crippen LogP contribution in [0, 0.1) is 6.92 Å². The maximum atomic E-state index is 4.38. The Kier molecular flexibility index (Phi) is 7.84. The van der Waals surface area contributed by atoms with E-state index in [9.17, 15) is 0 Å². The van der Waals surface area contributed by atoms with Gasteiger partial charge >= 0.3 is 0 Å². The lowest BCUT2D eigenvalue weighted by molar-refractivity contribution is 0.198. The molecule has 0 amide bonds. The minimum atomic E-state index is 0.497. The average Bonchev–Trinajstić information content (AvgIpc) is 3.23. The van der Waals surface area contributed by atoms with E-state index >= 15 is 0 Å². The van der Waals surface area contributed by atoms with Crippen LogP contribution in [0.15, 0.2) is 41.9 Å². The highest BCUT2D eigenvalue weighted by Crippen LogP contribution is 2.16. The molecule has 0 radical (unpaired) electrons. The molecule has 3 rings (SSSR count). The highest BCUT2D eigenvalue weighted by molar-refractivity contribution is 5.79. The summed E-state index contributed by atoms with van der Waals surface area (Å²) in [6.07, 6.45) is 8.02. The summed E-state index contributed by atoms with van der Waals surface area (Å²) in [4.78, 5) is 6.94. The maximum absolute atomic E-state index is 4.38. The van der Waals surface area contributed by atoms with Crippen LogP contribution < -0.4 is 10.6 Å². The van der Waals surface area contributed by atoms with Crippen molar-refractivity contribution in [3.8, 4) is 0 Å². The van der Waals surface area contributed by atoms with Gasteiger partial charge in [0.15, 0.2) is 5.96 Å². The van der Waals surface area contributed by atoms with Crippen molar-refractivity contribution in [2.75, 3.05) is 26.7 Å². The van der Waals surface area contributed by atoms with Crippen LogP contribution in [-0.2, 0) is 13.1 Å². The number of hydrogen-bond acceptors (Lipinski definition) is 4. The Bertz CT molecular complexity index is 718. The molecule has 1 fully saturated rings. The van der Waals surface area contributed by atoms with Gasteiger partial charge in [-0.05, 0) is 43.7 Å². The molecule has 0 bridgehead atoms. The Balaban J connectivity index is 1.32. The van der Waals surface area contributed by atoms with Gasteiger partial charge in [0, 0.05) is 45.8 Å². The molecule has 0 saturated carbocycles. The number of nitrogens with zero attached hydrogens (tertiary/aromatic N) is 5. The fraction of sp³-hybridized carbons (Fsp3) is 0.571. The van der Waals surface area contributed by atoms with Crippen LogP contribution in [0.3, 0.4) is 0 Å². The number of aromatic nitrogens is 3. The van der Waals surface area contributed by atoms with Crippen molar-refractivity contribution in [1.29, 1.82) is 0 Å². The highest BCUT2D eigenvalue weighted by Gasteiger charge is 2.20. The quantitative estimate of drug-likeness (QED) is 0.415. The summed E-state index contributed by atoms with van der Waals surface area (Å²) in [5.41, 5.74) is 2.83. The lowest BCUT2D eigenvalue weighted by Gasteiger charge is -2.33. The summed E-state index contributed by atoms with van der Waals surface area (Å²) >= 11 is 0. The molecule has 1 saturated heterocycles. The third-order valence-electron chi connectivity index (χ3n) is 5.41. The standard InChI is InChI=1S/C21H33N7/c1-18-7-3-4-8-19(18)15-27-13-9-20(10-14-27)26-21(22-2)23-11-5-6-12-28-16-24-25-17-28/h3-4,7-8,16-17,20H,5-6,9-15H2,1-2H3,(H2,22,23,26). The fourth-order valence-corrected chi connectivity index (χ4v) is 3.62. The molecule has 28 heavy (non-hydrogen) atoms. The number of benzene rings is 1. The molecule has 1 aromatic carbocycles. The Labute approximate surface area is 168 Å². The summed E-state index contributed by atoms with van der Waals surface area (Å²) in [6, 6.07) is 9.19. The second-order valence-electron chi connectivity index (χ2n) is 7.53. The van der Waals surface area contributed by atoms with Crippen LogP contribution in [0.4, 0.5) is 0 Å². The number of likely N-dealkylation sites (tertiary alicyclic amines) is 1. The van der Waals surface area contributed by atoms with Crippen molar-refractivity contribution in [3.63, 3.8) is 0 Å². The zero-order valence-electron chi connectivity index (χ0n) is 17.1. The van der Waals surface area contributed by atoms with Crippen molar-refractivity contribution >= 4 is 5.96 Å². The molecule has 0 unspecified atom stereocenters. The minimum Gasteiger partial charge on any atom is -0.356 e. The monoisotopic (exact) mass is 383 g/mol. The molecule has 1 aromatic heterocycles. The first-order valence-electron chi connectivity index (χ1n) is 10.3. The Morgan fingerprint density at radius 2 is 1.89 bits per heavy atom. The lowest BCUT2D eigenvalue weighted by atomic mass is 10.0. The predicted octanol–water partition coefficient (Wildman–Crippen LogP) is 2.20. The molecule has 2 heterocycles. The molecule has 7 nitrogen and oxygen atoms in total. The number of aryl methyl sites for hydroxylation is 2. The van der Waals surface area contributed by atoms with Crippen molar-refractivity contribution in [1.82, 2.24) is 30.3 Å². The first kappa shape index (κ1) is 20.3. The van der Waals surface area contributed by atoms with E-state index in [4.69, 9.17) is 0 Å². The molecule has 7 heteroatoms. The second kappa shape index (κ2) is 10.8. The van der Waals surface area contributed by atoms with E-state index in [1.807, 2.05) is 11.6 Å². The zero-order chi connectivity index (χ0) is 19.6. The number of rotatable bonds is 8. The summed E-state index contributed by atoms with van der Waals surface area (Å²) in [6.45, 7) is 7.39. The van der Waals surface area contributed by atoms with Crippen molar-refractivity contribution in [2.45, 2.75) is 51.7 Å². The summed E-state index contributed by atoms with van der Waals surface area (Å²) in [7, 11) is 1.85. The van der Waals surface area contributed by atoms with Crippen molar-refractivity contribution < 1.29 is 0 Å². The minimum absolute atomic E-state index is 0.497. The van der Waals surface area contributed by atoms with E-state index in [1.54, 1.807) is 12.7 Å². The largest absolute Gasteiger partial charge is 0.356 e. The van der Waals surface area contributed by atoms with E-state index in [-0.39, 0.29) is 0 Å². The lowest BCUT2D eigenvalue weighted by Crippen LogP contribution is -2.48. The summed E-state index contributed by atoms with van der Waals surface area (Å²) in [5.74, 6) is 0.918. The molecule has 0 aliphatic carbocycles. The topological polar surface area (TPSA) is 70.4 Å². The highest BCUT2D eigenvalue weighted by atomic mass is 15.2. The van der Waals surface area contributed by atoms with Crippen LogP contribution in [-0.4, -0.2) is 58.3 Å². The smallest absolute Gasteiger partial charge is 0.191 e. The summed E-state index contributed by atoms with van der Waals surface area (Å²) in [5, 5.41) is 14.7. The van der Waals surface area contributed by atoms with Gasteiger partial charge in [-0.25, -0.2) is 0 Å². The second-order valence-corrected chi connectivity index (χ2v) is 7.53. The molecular weight excluding hydrogens is 350 g/mol. The zero-order valence-corrected chi connectivity index (χ0v) is 17.1. The van der Waals surface area contributed by atoms with Gasteiger partial charge in [0.1, 0.15) is 12.7 Å². The summed E-state index contributed by atoms with van der Waals surface area (Å²) < 4.78 is 2.01. The number of nitrogens with one attached hydrogen (secondary N) is 2. The molecule has 2 N–H and O–H groups in total. The van der Waals surface area contributed by atoms with Crippen LogP contribution in [0.1, 0.15) is 36.8 Å². The van der Waals surface area contributed by atoms with E-state index in [2.05, 4.69) is 61.9 Å². The molecule has 1 aliphatic heterocycles. The van der Waals surface area contributed by atoms with E-state index in [1.165, 1.54) is 11.1 Å². The van der Waals surface area contributed by atoms with Gasteiger partial charge in [0.2, 0.25) is 0 Å². The molecule has 0 spiro atoms. The molecule has 0 atom stereocenters. The van der Waals surface area contributed by atoms with E-state index < -0.39 is 0 Å². The van der Waals surface area contributed by atoms with Gasteiger partial charge in [-0.1, -0.05) is 24.3 Å². The normalized spacial score (nSPS) is 16.3. The SMILES string of the molecule is CN=C(NCCCCn1cnnc1)NC1CCN(Cc2ccccc2C)CC1. The molecule has 1 aliphatic rings. The van der Waals surface area contributed by atoms with E-state index in [0.29, 0.717) is 6.04 Å². The number of hydrogen-bond donors (Lipinski definition) is 2. The first-order chi connectivity index (χ1) is 13.7. The van der Waals surface area contributed by atoms with Gasteiger partial charge in [0.05, 0.1) is 0 Å². The molecular formula is C21H33N7. The van der Waals surface area contributed by atoms with Gasteiger partial charge in [-0.15, -0.1) is 10.2 Å². The first-order valence-corrected chi connectivity index (χ1v) is 10.3. The maximum Gasteiger partial charge on any atom is 0.191 e. The Hall–Kier alpha value is -2.41. The van der Waals surface area contributed by atoms with Crippen LogP contribution >= 0.6 is 0 Å². The van der Waals surface area contributed by atoms with Crippen LogP contribution in [0.5, 0.6) is 0 Å². The average molecular weight is 384 g/mol. The third-order valence-corrected chi connectivity index (χ3v) is 5.41. The number of guanidine groups is 1. The van der Waals surface area contributed by atoms with Gasteiger partial charge in [-0.3, -0.25) is 9.89 Å². The molecule has 2 aromatic rings. The Morgan fingerprint density at radius 1 is 1.14 bits per heavy atom. The van der Waals surface area contributed by atoms with E-state index in [0.717, 1.165) is 64.4 Å². The van der Waals surface area contributed by atoms with Gasteiger partial charge < -0.3 is 15.2 Å². The third kappa shape index (κ3) is 6.34. The van der Waals surface area contributed by atoms with Gasteiger partial charge in [-0.2, -0.15) is 0 Å². The Morgan fingerprint density at radius 3 is 2.61 bits per heavy atom. The fourth-order valence-electron chi connectivity index (χ4n) is 3.62. The number of piperidine rings is 1.